The van der Waals surface area contributed by atoms with Crippen molar-refractivity contribution in [2.45, 2.75) is 83.1 Å². The third-order valence-electron chi connectivity index (χ3n) is 8.34. The Kier molecular flexibility index (Phi) is 12.4. The molecule has 2 aliphatic heterocycles. The van der Waals surface area contributed by atoms with E-state index in [9.17, 15) is 54.7 Å². The number of piperidine rings is 1. The molecule has 3 rings (SSSR count). The van der Waals surface area contributed by atoms with E-state index in [0.717, 1.165) is 18.7 Å². The Balaban J connectivity index is 1.75. The highest BCUT2D eigenvalue weighted by Gasteiger charge is 2.77. The second-order valence-corrected chi connectivity index (χ2v) is 12.5. The summed E-state index contributed by atoms with van der Waals surface area (Å²) in [6.07, 6.45) is -6.34. The Morgan fingerprint density at radius 1 is 0.812 bits per heavy atom. The second kappa shape index (κ2) is 15.3. The van der Waals surface area contributed by atoms with Gasteiger partial charge in [0.15, 0.2) is 0 Å². The lowest BCUT2D eigenvalue weighted by molar-refractivity contribution is -0.344. The van der Waals surface area contributed by atoms with Crippen LogP contribution in [0.15, 0.2) is 24.3 Å². The van der Waals surface area contributed by atoms with Gasteiger partial charge >= 0.3 is 18.0 Å². The van der Waals surface area contributed by atoms with Crippen molar-refractivity contribution in [1.82, 2.24) is 20.4 Å². The van der Waals surface area contributed by atoms with Gasteiger partial charge < -0.3 is 15.0 Å². The highest BCUT2D eigenvalue weighted by Crippen LogP contribution is 2.48. The molecule has 48 heavy (non-hydrogen) atoms. The molecule has 2 fully saturated rings. The van der Waals surface area contributed by atoms with E-state index in [2.05, 4.69) is 10.6 Å². The fraction of sp³-hybridized carbons (Fsp3) is 0.645. The summed E-state index contributed by atoms with van der Waals surface area (Å²) < 4.78 is 100. The lowest BCUT2D eigenvalue weighted by atomic mass is 9.87. The van der Waals surface area contributed by atoms with E-state index >= 15 is 0 Å². The fourth-order valence-corrected chi connectivity index (χ4v) is 5.68. The smallest absolute Gasteiger partial charge is 0.378 e. The zero-order valence-electron chi connectivity index (χ0n) is 26.8. The predicted octanol–water partition coefficient (Wildman–Crippen LogP) is 3.84. The number of carbonyl (C=O) groups excluding carboxylic acids is 5. The molecule has 0 bridgehead atoms. The van der Waals surface area contributed by atoms with Crippen LogP contribution in [0, 0.1) is 11.8 Å². The number of hydrogen-bond donors (Lipinski definition) is 2. The van der Waals surface area contributed by atoms with E-state index in [1.54, 1.807) is 18.7 Å². The maximum Gasteiger partial charge on any atom is 0.460 e. The third-order valence-corrected chi connectivity index (χ3v) is 8.34. The summed E-state index contributed by atoms with van der Waals surface area (Å²) in [5.41, 5.74) is 0.416. The van der Waals surface area contributed by atoms with Gasteiger partial charge in [0, 0.05) is 24.2 Å². The summed E-state index contributed by atoms with van der Waals surface area (Å²) in [4.78, 5) is 67.5. The number of likely N-dealkylation sites (tertiary alicyclic amines) is 1. The number of carbonyl (C=O) groups is 5. The summed E-state index contributed by atoms with van der Waals surface area (Å²) >= 11 is 0. The van der Waals surface area contributed by atoms with Crippen LogP contribution in [0.25, 0.3) is 0 Å². The molecule has 4 amide bonds. The molecule has 0 spiro atoms. The van der Waals surface area contributed by atoms with Crippen molar-refractivity contribution in [1.29, 1.82) is 0 Å². The minimum absolute atomic E-state index is 0.0895. The van der Waals surface area contributed by atoms with Crippen LogP contribution in [-0.2, 0) is 19.1 Å². The van der Waals surface area contributed by atoms with E-state index in [1.165, 1.54) is 24.3 Å². The van der Waals surface area contributed by atoms with Crippen LogP contribution in [0.4, 0.5) is 30.7 Å². The summed E-state index contributed by atoms with van der Waals surface area (Å²) in [6, 6.07) is 0.602. The van der Waals surface area contributed by atoms with Crippen LogP contribution >= 0.6 is 0 Å². The zero-order valence-corrected chi connectivity index (χ0v) is 26.8. The Morgan fingerprint density at radius 2 is 1.38 bits per heavy atom. The lowest BCUT2D eigenvalue weighted by Gasteiger charge is -2.42. The van der Waals surface area contributed by atoms with E-state index in [-0.39, 0.29) is 30.9 Å². The van der Waals surface area contributed by atoms with Gasteiger partial charge in [-0.1, -0.05) is 34.1 Å². The molecule has 2 heterocycles. The van der Waals surface area contributed by atoms with E-state index < -0.39 is 71.5 Å². The van der Waals surface area contributed by atoms with Crippen molar-refractivity contribution in [3.8, 4) is 0 Å². The molecule has 17 heteroatoms. The van der Waals surface area contributed by atoms with Gasteiger partial charge in [-0.05, 0) is 55.5 Å². The summed E-state index contributed by atoms with van der Waals surface area (Å²) in [6.45, 7) is 6.80. The van der Waals surface area contributed by atoms with E-state index in [1.807, 2.05) is 0 Å². The molecule has 2 N–H and O–H groups in total. The summed E-state index contributed by atoms with van der Waals surface area (Å²) in [5, 5.41) is 4.58. The standard InChI is InChI=1S/C31H39F7N4O6/c1-17(2)22(39-25(44)19-8-10-20(11-9-19)28(47)41-13-15-48-16-14-41)27(46)40-26(45)21-7-5-6-12-42(21)23(18(3)4)24(43)29(32,33)30(34,35)31(36,37)38/h8-11,17-18,21-23H,5-7,12-16H2,1-4H3,(H,39,44)(H,40,45,46)/t21?,22-,23?/m0/s1. The molecule has 3 atom stereocenters. The normalized spacial score (nSPS) is 19.5. The minimum atomic E-state index is -6.72. The Labute approximate surface area is 272 Å². The van der Waals surface area contributed by atoms with Crippen molar-refractivity contribution in [2.24, 2.45) is 11.8 Å². The molecule has 1 aromatic rings. The van der Waals surface area contributed by atoms with Crippen molar-refractivity contribution >= 4 is 29.4 Å². The minimum Gasteiger partial charge on any atom is -0.378 e. The average molecular weight is 697 g/mol. The monoisotopic (exact) mass is 696 g/mol. The Morgan fingerprint density at radius 3 is 1.90 bits per heavy atom. The van der Waals surface area contributed by atoms with Crippen LogP contribution in [0.5, 0.6) is 0 Å². The molecule has 0 saturated carbocycles. The fourth-order valence-electron chi connectivity index (χ4n) is 5.68. The quantitative estimate of drug-likeness (QED) is 0.337. The highest BCUT2D eigenvalue weighted by atomic mass is 19.4. The van der Waals surface area contributed by atoms with Gasteiger partial charge in [-0.2, -0.15) is 30.7 Å². The third kappa shape index (κ3) is 8.33. The number of rotatable bonds is 11. The van der Waals surface area contributed by atoms with Crippen LogP contribution < -0.4 is 10.6 Å². The van der Waals surface area contributed by atoms with Crippen LogP contribution in [-0.4, -0.2) is 108 Å². The van der Waals surface area contributed by atoms with Gasteiger partial charge in [-0.3, -0.25) is 34.2 Å². The molecular weight excluding hydrogens is 657 g/mol. The highest BCUT2D eigenvalue weighted by molar-refractivity contribution is 6.04. The number of imide groups is 1. The topological polar surface area (TPSA) is 125 Å². The lowest BCUT2D eigenvalue weighted by Crippen LogP contribution is -2.65. The predicted molar refractivity (Wildman–Crippen MR) is 156 cm³/mol. The number of morpholine rings is 1. The van der Waals surface area contributed by atoms with Crippen LogP contribution in [0.2, 0.25) is 0 Å². The van der Waals surface area contributed by atoms with Gasteiger partial charge in [-0.15, -0.1) is 0 Å². The first-order valence-corrected chi connectivity index (χ1v) is 15.5. The largest absolute Gasteiger partial charge is 0.460 e. The van der Waals surface area contributed by atoms with Crippen molar-refractivity contribution < 1.29 is 59.4 Å². The first-order valence-electron chi connectivity index (χ1n) is 15.5. The number of halogens is 7. The van der Waals surface area contributed by atoms with Crippen molar-refractivity contribution in [3.63, 3.8) is 0 Å². The van der Waals surface area contributed by atoms with Gasteiger partial charge in [0.05, 0.1) is 25.3 Å². The molecular formula is C31H39F7N4O6. The average Bonchev–Trinajstić information content (AvgIpc) is 3.02. The molecule has 0 radical (unpaired) electrons. The van der Waals surface area contributed by atoms with Gasteiger partial charge in [-0.25, -0.2) is 0 Å². The number of hydrogen-bond acceptors (Lipinski definition) is 7. The number of ketones is 1. The van der Waals surface area contributed by atoms with Crippen LogP contribution in [0.3, 0.4) is 0 Å². The van der Waals surface area contributed by atoms with Crippen molar-refractivity contribution in [3.05, 3.63) is 35.4 Å². The summed E-state index contributed by atoms with van der Waals surface area (Å²) in [5.74, 6) is -20.4. The van der Waals surface area contributed by atoms with Gasteiger partial charge in [0.25, 0.3) is 11.8 Å². The van der Waals surface area contributed by atoms with Gasteiger partial charge in [0.2, 0.25) is 17.6 Å². The number of nitrogens with one attached hydrogen (secondary N) is 2. The molecule has 0 aliphatic carbocycles. The number of ether oxygens (including phenoxy) is 1. The molecule has 10 nitrogen and oxygen atoms in total. The SMILES string of the molecule is CC(C)C(C(=O)C(F)(F)C(F)(F)C(F)(F)F)N1CCCCC1C(=O)NC(=O)[C@@H](NC(=O)c1ccc(C(=O)N2CCOCC2)cc1)C(C)C. The van der Waals surface area contributed by atoms with Gasteiger partial charge in [0.1, 0.15) is 6.04 Å². The zero-order chi connectivity index (χ0) is 36.2. The first-order chi connectivity index (χ1) is 22.2. The Hall–Kier alpha value is -3.60. The number of alkyl halides is 7. The molecule has 1 aromatic carbocycles. The summed E-state index contributed by atoms with van der Waals surface area (Å²) in [7, 11) is 0. The van der Waals surface area contributed by atoms with Crippen molar-refractivity contribution in [2.75, 3.05) is 32.8 Å². The number of Topliss-reactive ketones (excluding diaryl/α,β-unsaturated/α-hetero) is 1. The molecule has 2 aliphatic rings. The number of amides is 4. The number of nitrogens with zero attached hydrogens (tertiary/aromatic N) is 2. The molecule has 2 saturated heterocycles. The Bertz CT molecular complexity index is 1350. The molecule has 2 unspecified atom stereocenters. The van der Waals surface area contributed by atoms with E-state index in [0.29, 0.717) is 38.3 Å². The maximum atomic E-state index is 14.5. The first kappa shape index (κ1) is 38.8. The van der Waals surface area contributed by atoms with E-state index in [4.69, 9.17) is 4.74 Å². The second-order valence-electron chi connectivity index (χ2n) is 12.5. The molecule has 268 valence electrons. The maximum absolute atomic E-state index is 14.5. The number of benzene rings is 1. The van der Waals surface area contributed by atoms with Crippen LogP contribution in [0.1, 0.15) is 67.7 Å². The molecule has 0 aromatic heterocycles.